The van der Waals surface area contributed by atoms with E-state index in [1.165, 1.54) is 0 Å². The van der Waals surface area contributed by atoms with Crippen LogP contribution in [-0.4, -0.2) is 19.4 Å². The van der Waals surface area contributed by atoms with Gasteiger partial charge in [0.25, 0.3) is 0 Å². The largest absolute Gasteiger partial charge is 0.496 e. The highest BCUT2D eigenvalue weighted by Crippen LogP contribution is 2.48. The van der Waals surface area contributed by atoms with Crippen LogP contribution >= 0.6 is 0 Å². The molecule has 0 amide bonds. The molecule has 1 saturated carbocycles. The van der Waals surface area contributed by atoms with Crippen molar-refractivity contribution in [2.24, 2.45) is 11.1 Å². The van der Waals surface area contributed by atoms with E-state index in [1.54, 1.807) is 7.11 Å². The highest BCUT2D eigenvalue weighted by molar-refractivity contribution is 6.05. The van der Waals surface area contributed by atoms with E-state index < -0.39 is 0 Å². The van der Waals surface area contributed by atoms with Gasteiger partial charge in [-0.15, -0.1) is 0 Å². The van der Waals surface area contributed by atoms with E-state index in [0.717, 1.165) is 24.0 Å². The Labute approximate surface area is 102 Å². The summed E-state index contributed by atoms with van der Waals surface area (Å²) < 4.78 is 5.38. The zero-order valence-corrected chi connectivity index (χ0v) is 10.7. The number of hydrogen-bond donors (Lipinski definition) is 1. The van der Waals surface area contributed by atoms with Crippen LogP contribution in [0.3, 0.4) is 0 Å². The molecule has 0 aromatic heterocycles. The summed E-state index contributed by atoms with van der Waals surface area (Å²) in [6.45, 7) is 4.43. The average molecular weight is 233 g/mol. The fraction of sp³-hybridized carbons (Fsp3) is 0.500. The summed E-state index contributed by atoms with van der Waals surface area (Å²) in [7, 11) is 1.61. The molecule has 17 heavy (non-hydrogen) atoms. The van der Waals surface area contributed by atoms with Gasteiger partial charge in [0.05, 0.1) is 12.7 Å². The Morgan fingerprint density at radius 2 is 2.06 bits per heavy atom. The topological polar surface area (TPSA) is 52.3 Å². The van der Waals surface area contributed by atoms with Crippen LogP contribution in [0.15, 0.2) is 12.1 Å². The summed E-state index contributed by atoms with van der Waals surface area (Å²) >= 11 is 0. The Morgan fingerprint density at radius 1 is 1.41 bits per heavy atom. The first-order chi connectivity index (χ1) is 8.05. The zero-order valence-electron chi connectivity index (χ0n) is 10.7. The number of nitrogens with two attached hydrogens (primary N) is 1. The van der Waals surface area contributed by atoms with Crippen LogP contribution in [0.4, 0.5) is 0 Å². The molecular formula is C14H19NO2. The van der Waals surface area contributed by atoms with Crippen LogP contribution in [-0.2, 0) is 0 Å². The molecule has 3 nitrogen and oxygen atoms in total. The predicted molar refractivity (Wildman–Crippen MR) is 67.5 cm³/mol. The lowest BCUT2D eigenvalue weighted by molar-refractivity contribution is 0.0902. The van der Waals surface area contributed by atoms with Crippen LogP contribution in [0.25, 0.3) is 0 Å². The summed E-state index contributed by atoms with van der Waals surface area (Å²) in [5.74, 6) is 0.842. The van der Waals surface area contributed by atoms with Crippen LogP contribution in [0.1, 0.15) is 34.3 Å². The van der Waals surface area contributed by atoms with Gasteiger partial charge >= 0.3 is 0 Å². The van der Waals surface area contributed by atoms with Crippen molar-refractivity contribution in [3.8, 4) is 5.75 Å². The maximum atomic E-state index is 12.4. The molecule has 0 unspecified atom stereocenters. The molecule has 1 aromatic carbocycles. The van der Waals surface area contributed by atoms with Gasteiger partial charge in [-0.1, -0.05) is 6.07 Å². The quantitative estimate of drug-likeness (QED) is 0.811. The van der Waals surface area contributed by atoms with Gasteiger partial charge in [-0.25, -0.2) is 0 Å². The molecule has 0 heterocycles. The van der Waals surface area contributed by atoms with E-state index >= 15 is 0 Å². The maximum absolute atomic E-state index is 12.4. The third-order valence-electron chi connectivity index (χ3n) is 3.85. The first-order valence-electron chi connectivity index (χ1n) is 5.95. The maximum Gasteiger partial charge on any atom is 0.173 e. The fourth-order valence-electron chi connectivity index (χ4n) is 2.19. The van der Waals surface area contributed by atoms with Crippen molar-refractivity contribution in [3.63, 3.8) is 0 Å². The highest BCUT2D eigenvalue weighted by atomic mass is 16.5. The van der Waals surface area contributed by atoms with E-state index in [1.807, 2.05) is 26.0 Å². The number of aryl methyl sites for hydroxylation is 1. The Hall–Kier alpha value is -1.35. The summed E-state index contributed by atoms with van der Waals surface area (Å²) in [6.07, 6.45) is 1.80. The molecule has 2 N–H and O–H groups in total. The highest BCUT2D eigenvalue weighted by Gasteiger charge is 2.49. The number of hydrogen-bond acceptors (Lipinski definition) is 3. The van der Waals surface area contributed by atoms with Crippen molar-refractivity contribution < 1.29 is 9.53 Å². The van der Waals surface area contributed by atoms with Gasteiger partial charge in [-0.2, -0.15) is 0 Å². The lowest BCUT2D eigenvalue weighted by Gasteiger charge is -2.16. The number of ether oxygens (including phenoxy) is 1. The average Bonchev–Trinajstić information content (AvgIpc) is 3.12. The van der Waals surface area contributed by atoms with Crippen molar-refractivity contribution in [2.45, 2.75) is 26.7 Å². The molecule has 92 valence electrons. The van der Waals surface area contributed by atoms with Gasteiger partial charge in [0.15, 0.2) is 5.78 Å². The second-order valence-electron chi connectivity index (χ2n) is 4.90. The minimum absolute atomic E-state index is 0.139. The monoisotopic (exact) mass is 233 g/mol. The molecular weight excluding hydrogens is 214 g/mol. The van der Waals surface area contributed by atoms with Crippen molar-refractivity contribution in [3.05, 3.63) is 28.8 Å². The van der Waals surface area contributed by atoms with Gasteiger partial charge < -0.3 is 10.5 Å². The number of rotatable bonds is 4. The van der Waals surface area contributed by atoms with Crippen LogP contribution in [0, 0.1) is 19.3 Å². The van der Waals surface area contributed by atoms with Gasteiger partial charge in [-0.3, -0.25) is 4.79 Å². The minimum atomic E-state index is -0.311. The molecule has 1 fully saturated rings. The molecule has 1 aliphatic carbocycles. The SMILES string of the molecule is COc1c(C(=O)C2(CN)CC2)ccc(C)c1C. The number of Topliss-reactive ketones (excluding diaryl/α,β-unsaturated/α-hetero) is 1. The van der Waals surface area contributed by atoms with E-state index in [2.05, 4.69) is 0 Å². The van der Waals surface area contributed by atoms with Crippen molar-refractivity contribution in [2.75, 3.05) is 13.7 Å². The standard InChI is InChI=1S/C14H19NO2/c1-9-4-5-11(12(17-3)10(9)2)13(16)14(8-15)6-7-14/h4-5H,6-8,15H2,1-3H3. The van der Waals surface area contributed by atoms with E-state index in [-0.39, 0.29) is 11.2 Å². The van der Waals surface area contributed by atoms with Crippen LogP contribution in [0.5, 0.6) is 5.75 Å². The lowest BCUT2D eigenvalue weighted by Crippen LogP contribution is -2.26. The van der Waals surface area contributed by atoms with Gasteiger partial charge in [-0.05, 0) is 43.9 Å². The predicted octanol–water partition coefficient (Wildman–Crippen LogP) is 2.23. The first kappa shape index (κ1) is 12.1. The third kappa shape index (κ3) is 1.84. The molecule has 2 rings (SSSR count). The molecule has 0 atom stereocenters. The van der Waals surface area contributed by atoms with E-state index in [0.29, 0.717) is 17.9 Å². The zero-order chi connectivity index (χ0) is 12.6. The molecule has 3 heteroatoms. The number of carbonyl (C=O) groups excluding carboxylic acids is 1. The van der Waals surface area contributed by atoms with Crippen molar-refractivity contribution >= 4 is 5.78 Å². The van der Waals surface area contributed by atoms with Crippen LogP contribution < -0.4 is 10.5 Å². The second-order valence-corrected chi connectivity index (χ2v) is 4.90. The minimum Gasteiger partial charge on any atom is -0.496 e. The summed E-state index contributed by atoms with van der Waals surface area (Å²) in [5, 5.41) is 0. The molecule has 1 aliphatic rings. The number of carbonyl (C=O) groups is 1. The van der Waals surface area contributed by atoms with Crippen molar-refractivity contribution in [1.29, 1.82) is 0 Å². The fourth-order valence-corrected chi connectivity index (χ4v) is 2.19. The number of methoxy groups -OCH3 is 1. The normalized spacial score (nSPS) is 16.7. The van der Waals surface area contributed by atoms with Gasteiger partial charge in [0, 0.05) is 12.0 Å². The summed E-state index contributed by atoms with van der Waals surface area (Å²) in [6, 6.07) is 3.83. The molecule has 1 aromatic rings. The van der Waals surface area contributed by atoms with Crippen LogP contribution in [0.2, 0.25) is 0 Å². The first-order valence-corrected chi connectivity index (χ1v) is 5.95. The number of benzene rings is 1. The van der Waals surface area contributed by atoms with E-state index in [9.17, 15) is 4.79 Å². The summed E-state index contributed by atoms with van der Waals surface area (Å²) in [4.78, 5) is 12.4. The van der Waals surface area contributed by atoms with Crippen molar-refractivity contribution in [1.82, 2.24) is 0 Å². The Bertz CT molecular complexity index is 462. The number of ketones is 1. The second kappa shape index (κ2) is 4.15. The smallest absolute Gasteiger partial charge is 0.173 e. The lowest BCUT2D eigenvalue weighted by atomic mass is 9.92. The molecule has 0 saturated heterocycles. The molecule has 0 spiro atoms. The third-order valence-corrected chi connectivity index (χ3v) is 3.85. The molecule has 0 aliphatic heterocycles. The Balaban J connectivity index is 2.46. The van der Waals surface area contributed by atoms with Gasteiger partial charge in [0.1, 0.15) is 5.75 Å². The Morgan fingerprint density at radius 3 is 2.53 bits per heavy atom. The van der Waals surface area contributed by atoms with E-state index in [4.69, 9.17) is 10.5 Å². The van der Waals surface area contributed by atoms with Gasteiger partial charge in [0.2, 0.25) is 0 Å². The molecule has 0 radical (unpaired) electrons. The molecule has 0 bridgehead atoms. The Kier molecular flexibility index (Phi) is 2.96. The summed E-state index contributed by atoms with van der Waals surface area (Å²) in [5.41, 5.74) is 8.24.